The number of nitrogens with zero attached hydrogens (tertiary/aromatic N) is 4. The molecule has 2 aromatic rings. The zero-order chi connectivity index (χ0) is 15.9. The summed E-state index contributed by atoms with van der Waals surface area (Å²) in [5.74, 6) is 0.243. The number of anilines is 1. The lowest BCUT2D eigenvalue weighted by atomic mass is 10.1. The average Bonchev–Trinajstić information content (AvgIpc) is 2.94. The second kappa shape index (κ2) is 7.93. The third-order valence-corrected chi connectivity index (χ3v) is 4.26. The van der Waals surface area contributed by atoms with Crippen LogP contribution in [0.4, 0.5) is 5.69 Å². The van der Waals surface area contributed by atoms with Gasteiger partial charge in [0.15, 0.2) is 0 Å². The number of aromatic nitrogens is 4. The van der Waals surface area contributed by atoms with Gasteiger partial charge in [0.1, 0.15) is 0 Å². The van der Waals surface area contributed by atoms with Crippen LogP contribution in [0.3, 0.4) is 0 Å². The molecule has 0 bridgehead atoms. The summed E-state index contributed by atoms with van der Waals surface area (Å²) in [5, 5.41) is 15.2. The number of para-hydroxylation sites is 1. The van der Waals surface area contributed by atoms with Crippen LogP contribution in [0.1, 0.15) is 30.9 Å². The predicted octanol–water partition coefficient (Wildman–Crippen LogP) is 2.82. The molecule has 1 aromatic heterocycles. The number of carbonyl (C=O) groups excluding carboxylic acids is 1. The second-order valence-corrected chi connectivity index (χ2v) is 6.08. The smallest absolute Gasteiger partial charge is 0.234 e. The standard InChI is InChI=1S/C15H21N5OS/c1-4-5-9-20-15(17-18-19-20)22-10-13(21)16-14-11(2)7-6-8-12(14)3/h6-8H,4-5,9-10H2,1-3H3,(H,16,21). The van der Waals surface area contributed by atoms with Crippen LogP contribution < -0.4 is 5.32 Å². The third kappa shape index (κ3) is 4.30. The van der Waals surface area contributed by atoms with Crippen molar-refractivity contribution in [3.63, 3.8) is 0 Å². The van der Waals surface area contributed by atoms with Crippen LogP contribution in [-0.2, 0) is 11.3 Å². The molecule has 2 rings (SSSR count). The molecular weight excluding hydrogens is 298 g/mol. The summed E-state index contributed by atoms with van der Waals surface area (Å²) < 4.78 is 1.75. The number of hydrogen-bond acceptors (Lipinski definition) is 5. The molecule has 1 aromatic carbocycles. The second-order valence-electron chi connectivity index (χ2n) is 5.14. The highest BCUT2D eigenvalue weighted by Gasteiger charge is 2.11. The first-order valence-electron chi connectivity index (χ1n) is 7.37. The van der Waals surface area contributed by atoms with Crippen LogP contribution in [0.5, 0.6) is 0 Å². The van der Waals surface area contributed by atoms with Gasteiger partial charge in [-0.1, -0.05) is 43.3 Å². The van der Waals surface area contributed by atoms with Crippen molar-refractivity contribution in [3.8, 4) is 0 Å². The van der Waals surface area contributed by atoms with Gasteiger partial charge in [0.25, 0.3) is 0 Å². The van der Waals surface area contributed by atoms with Gasteiger partial charge in [-0.25, -0.2) is 4.68 Å². The van der Waals surface area contributed by atoms with E-state index in [1.165, 1.54) is 11.8 Å². The van der Waals surface area contributed by atoms with Gasteiger partial charge in [-0.15, -0.1) is 5.10 Å². The number of carbonyl (C=O) groups is 1. The lowest BCUT2D eigenvalue weighted by Gasteiger charge is -2.11. The number of hydrogen-bond donors (Lipinski definition) is 1. The van der Waals surface area contributed by atoms with E-state index in [-0.39, 0.29) is 5.91 Å². The monoisotopic (exact) mass is 319 g/mol. The molecule has 6 nitrogen and oxygen atoms in total. The molecule has 0 saturated heterocycles. The highest BCUT2D eigenvalue weighted by molar-refractivity contribution is 7.99. The number of aryl methyl sites for hydroxylation is 3. The zero-order valence-electron chi connectivity index (χ0n) is 13.2. The minimum atomic E-state index is -0.0487. The molecule has 0 spiro atoms. The first-order chi connectivity index (χ1) is 10.6. The van der Waals surface area contributed by atoms with Crippen molar-refractivity contribution >= 4 is 23.4 Å². The molecule has 1 N–H and O–H groups in total. The van der Waals surface area contributed by atoms with Gasteiger partial charge in [-0.3, -0.25) is 4.79 Å². The highest BCUT2D eigenvalue weighted by atomic mass is 32.2. The van der Waals surface area contributed by atoms with Gasteiger partial charge >= 0.3 is 0 Å². The number of tetrazole rings is 1. The van der Waals surface area contributed by atoms with Crippen molar-refractivity contribution < 1.29 is 4.79 Å². The number of thioether (sulfide) groups is 1. The largest absolute Gasteiger partial charge is 0.325 e. The molecule has 0 radical (unpaired) electrons. The Balaban J connectivity index is 1.92. The highest BCUT2D eigenvalue weighted by Crippen LogP contribution is 2.20. The Bertz CT molecular complexity index is 620. The van der Waals surface area contributed by atoms with E-state index in [4.69, 9.17) is 0 Å². The van der Waals surface area contributed by atoms with Crippen LogP contribution in [-0.4, -0.2) is 31.9 Å². The van der Waals surface area contributed by atoms with E-state index in [1.807, 2.05) is 32.0 Å². The van der Waals surface area contributed by atoms with E-state index in [9.17, 15) is 4.79 Å². The van der Waals surface area contributed by atoms with Gasteiger partial charge in [-0.05, 0) is 41.8 Å². The molecule has 0 aliphatic rings. The van der Waals surface area contributed by atoms with Crippen molar-refractivity contribution in [2.24, 2.45) is 0 Å². The number of rotatable bonds is 7. The Kier molecular flexibility index (Phi) is 5.94. The number of nitrogens with one attached hydrogen (secondary N) is 1. The van der Waals surface area contributed by atoms with Gasteiger partial charge in [0.05, 0.1) is 5.75 Å². The molecule has 0 aliphatic heterocycles. The maximum Gasteiger partial charge on any atom is 0.234 e. The number of amides is 1. The number of unbranched alkanes of at least 4 members (excludes halogenated alkanes) is 1. The molecule has 118 valence electrons. The molecule has 1 amide bonds. The van der Waals surface area contributed by atoms with Crippen LogP contribution >= 0.6 is 11.8 Å². The molecule has 22 heavy (non-hydrogen) atoms. The minimum absolute atomic E-state index is 0.0487. The van der Waals surface area contributed by atoms with E-state index in [0.29, 0.717) is 10.9 Å². The van der Waals surface area contributed by atoms with Gasteiger partial charge in [-0.2, -0.15) is 0 Å². The van der Waals surface area contributed by atoms with E-state index >= 15 is 0 Å². The molecule has 1 heterocycles. The summed E-state index contributed by atoms with van der Waals surface area (Å²) in [6, 6.07) is 5.96. The SMILES string of the molecule is CCCCn1nnnc1SCC(=O)Nc1c(C)cccc1C. The summed E-state index contributed by atoms with van der Waals surface area (Å²) in [6.45, 7) is 6.88. The molecule has 0 unspecified atom stereocenters. The van der Waals surface area contributed by atoms with E-state index in [2.05, 4.69) is 27.8 Å². The van der Waals surface area contributed by atoms with E-state index < -0.39 is 0 Å². The number of benzene rings is 1. The van der Waals surface area contributed by atoms with Crippen LogP contribution in [0.2, 0.25) is 0 Å². The zero-order valence-corrected chi connectivity index (χ0v) is 14.0. The maximum atomic E-state index is 12.1. The summed E-state index contributed by atoms with van der Waals surface area (Å²) in [5.41, 5.74) is 3.01. The lowest BCUT2D eigenvalue weighted by molar-refractivity contribution is -0.113. The Morgan fingerprint density at radius 2 is 2.05 bits per heavy atom. The van der Waals surface area contributed by atoms with Crippen molar-refractivity contribution in [2.45, 2.75) is 45.3 Å². The Morgan fingerprint density at radius 3 is 2.73 bits per heavy atom. The summed E-state index contributed by atoms with van der Waals surface area (Å²) in [7, 11) is 0. The first-order valence-corrected chi connectivity index (χ1v) is 8.35. The molecule has 0 saturated carbocycles. The van der Waals surface area contributed by atoms with E-state index in [0.717, 1.165) is 36.2 Å². The first kappa shape index (κ1) is 16.5. The van der Waals surface area contributed by atoms with Gasteiger partial charge < -0.3 is 5.32 Å². The summed E-state index contributed by atoms with van der Waals surface area (Å²) in [6.07, 6.45) is 2.10. The molecule has 0 atom stereocenters. The van der Waals surface area contributed by atoms with Crippen LogP contribution in [0.15, 0.2) is 23.4 Å². The summed E-state index contributed by atoms with van der Waals surface area (Å²) in [4.78, 5) is 12.1. The third-order valence-electron chi connectivity index (χ3n) is 3.30. The summed E-state index contributed by atoms with van der Waals surface area (Å²) >= 11 is 1.36. The molecular formula is C15H21N5OS. The molecule has 7 heteroatoms. The maximum absolute atomic E-state index is 12.1. The van der Waals surface area contributed by atoms with Gasteiger partial charge in [0.2, 0.25) is 11.1 Å². The lowest BCUT2D eigenvalue weighted by Crippen LogP contribution is -2.16. The van der Waals surface area contributed by atoms with Crippen LogP contribution in [0.25, 0.3) is 0 Å². The quantitative estimate of drug-likeness (QED) is 0.794. The normalized spacial score (nSPS) is 10.7. The molecule has 0 fully saturated rings. The van der Waals surface area contributed by atoms with Crippen molar-refractivity contribution in [1.29, 1.82) is 0 Å². The fourth-order valence-electron chi connectivity index (χ4n) is 2.07. The predicted molar refractivity (Wildman–Crippen MR) is 88.0 cm³/mol. The minimum Gasteiger partial charge on any atom is -0.325 e. The average molecular weight is 319 g/mol. The van der Waals surface area contributed by atoms with Crippen molar-refractivity contribution in [3.05, 3.63) is 29.3 Å². The Morgan fingerprint density at radius 1 is 1.32 bits per heavy atom. The van der Waals surface area contributed by atoms with Crippen LogP contribution in [0, 0.1) is 13.8 Å². The molecule has 0 aliphatic carbocycles. The van der Waals surface area contributed by atoms with Gasteiger partial charge in [0, 0.05) is 12.2 Å². The topological polar surface area (TPSA) is 72.7 Å². The Labute approximate surface area is 134 Å². The van der Waals surface area contributed by atoms with Crippen molar-refractivity contribution in [2.75, 3.05) is 11.1 Å². The fraction of sp³-hybridized carbons (Fsp3) is 0.467. The fourth-order valence-corrected chi connectivity index (χ4v) is 2.77. The van der Waals surface area contributed by atoms with E-state index in [1.54, 1.807) is 4.68 Å². The Hall–Kier alpha value is -1.89. The van der Waals surface area contributed by atoms with Crippen molar-refractivity contribution in [1.82, 2.24) is 20.2 Å².